The van der Waals surface area contributed by atoms with Gasteiger partial charge in [0.2, 0.25) is 0 Å². The van der Waals surface area contributed by atoms with Gasteiger partial charge >= 0.3 is 5.97 Å². The Kier molecular flexibility index (Phi) is 5.54. The Balaban J connectivity index is 2.94. The average molecular weight is 254 g/mol. The first-order chi connectivity index (χ1) is 8.60. The van der Waals surface area contributed by atoms with Crippen molar-refractivity contribution in [2.45, 2.75) is 19.4 Å². The zero-order valence-corrected chi connectivity index (χ0v) is 10.5. The summed E-state index contributed by atoms with van der Waals surface area (Å²) in [6.07, 6.45) is 2.01. The topological polar surface area (TPSA) is 91.7 Å². The maximum atomic E-state index is 11.2. The van der Waals surface area contributed by atoms with E-state index in [0.29, 0.717) is 24.4 Å². The van der Waals surface area contributed by atoms with Gasteiger partial charge in [0.1, 0.15) is 11.4 Å². The number of aromatic carboxylic acids is 1. The second-order valence-corrected chi connectivity index (χ2v) is 3.97. The fourth-order valence-electron chi connectivity index (χ4n) is 1.69. The molecule has 0 saturated heterocycles. The van der Waals surface area contributed by atoms with Crippen LogP contribution in [0.5, 0.6) is 0 Å². The van der Waals surface area contributed by atoms with E-state index >= 15 is 0 Å². The summed E-state index contributed by atoms with van der Waals surface area (Å²) in [4.78, 5) is 15.2. The third-order valence-corrected chi connectivity index (χ3v) is 2.56. The molecule has 1 heterocycles. The quantitative estimate of drug-likeness (QED) is 0.669. The Labute approximate surface area is 106 Å². The van der Waals surface area contributed by atoms with Gasteiger partial charge < -0.3 is 20.3 Å². The number of hydrogen-bond acceptors (Lipinski definition) is 5. The summed E-state index contributed by atoms with van der Waals surface area (Å²) < 4.78 is 5.01. The van der Waals surface area contributed by atoms with E-state index in [9.17, 15) is 4.79 Å². The maximum absolute atomic E-state index is 11.2. The smallest absolute Gasteiger partial charge is 0.339 e. The van der Waals surface area contributed by atoms with Gasteiger partial charge in [-0.15, -0.1) is 0 Å². The van der Waals surface area contributed by atoms with Crippen molar-refractivity contribution in [3.8, 4) is 0 Å². The van der Waals surface area contributed by atoms with Crippen LogP contribution >= 0.6 is 0 Å². The van der Waals surface area contributed by atoms with Crippen LogP contribution in [0.15, 0.2) is 12.3 Å². The van der Waals surface area contributed by atoms with Crippen molar-refractivity contribution in [1.82, 2.24) is 4.98 Å². The summed E-state index contributed by atoms with van der Waals surface area (Å²) in [5, 5.41) is 21.1. The minimum atomic E-state index is -1.02. The first kappa shape index (κ1) is 14.4. The number of ether oxygens (including phenoxy) is 1. The molecule has 0 aromatic carbocycles. The standard InChI is InChI=1S/C12H18N2O4/c1-8-3-5-13-11(10(8)12(16)17)14-9(4-6-15)7-18-2/h3,5,9,15H,4,6-7H2,1-2H3,(H,13,14)(H,16,17). The minimum Gasteiger partial charge on any atom is -0.478 e. The molecule has 0 aliphatic rings. The molecule has 100 valence electrons. The third-order valence-electron chi connectivity index (χ3n) is 2.56. The molecule has 18 heavy (non-hydrogen) atoms. The lowest BCUT2D eigenvalue weighted by molar-refractivity contribution is 0.0696. The van der Waals surface area contributed by atoms with Gasteiger partial charge in [0.25, 0.3) is 0 Å². The molecule has 0 amide bonds. The molecule has 1 aromatic rings. The highest BCUT2D eigenvalue weighted by Gasteiger charge is 2.17. The second kappa shape index (κ2) is 6.93. The molecule has 0 fully saturated rings. The number of carboxylic acids is 1. The van der Waals surface area contributed by atoms with Crippen LogP contribution < -0.4 is 5.32 Å². The Hall–Kier alpha value is -1.66. The number of nitrogens with zero attached hydrogens (tertiary/aromatic N) is 1. The van der Waals surface area contributed by atoms with Crippen LogP contribution in [-0.4, -0.2) is 47.5 Å². The van der Waals surface area contributed by atoms with E-state index in [4.69, 9.17) is 14.9 Å². The number of rotatable bonds is 7. The summed E-state index contributed by atoms with van der Waals surface area (Å²) in [7, 11) is 1.55. The Morgan fingerprint density at radius 1 is 1.61 bits per heavy atom. The van der Waals surface area contributed by atoms with E-state index in [1.807, 2.05) is 0 Å². The van der Waals surface area contributed by atoms with Gasteiger partial charge in [-0.2, -0.15) is 0 Å². The molecule has 0 aliphatic heterocycles. The molecule has 6 heteroatoms. The van der Waals surface area contributed by atoms with Crippen molar-refractivity contribution in [2.24, 2.45) is 0 Å². The summed E-state index contributed by atoms with van der Waals surface area (Å²) in [6.45, 7) is 2.08. The van der Waals surface area contributed by atoms with Gasteiger partial charge in [0.15, 0.2) is 0 Å². The predicted molar refractivity (Wildman–Crippen MR) is 66.9 cm³/mol. The number of nitrogens with one attached hydrogen (secondary N) is 1. The lowest BCUT2D eigenvalue weighted by Crippen LogP contribution is -2.28. The van der Waals surface area contributed by atoms with Crippen LogP contribution in [-0.2, 0) is 4.74 Å². The molecule has 1 aromatic heterocycles. The molecule has 1 unspecified atom stereocenters. The van der Waals surface area contributed by atoms with Crippen LogP contribution in [0.4, 0.5) is 5.82 Å². The van der Waals surface area contributed by atoms with Gasteiger partial charge in [0, 0.05) is 19.9 Å². The van der Waals surface area contributed by atoms with E-state index in [-0.39, 0.29) is 18.2 Å². The van der Waals surface area contributed by atoms with Crippen LogP contribution in [0.25, 0.3) is 0 Å². The van der Waals surface area contributed by atoms with E-state index in [2.05, 4.69) is 10.3 Å². The first-order valence-electron chi connectivity index (χ1n) is 5.65. The van der Waals surface area contributed by atoms with Crippen molar-refractivity contribution in [3.05, 3.63) is 23.4 Å². The molecule has 0 bridgehead atoms. The summed E-state index contributed by atoms with van der Waals surface area (Å²) in [6, 6.07) is 1.47. The monoisotopic (exact) mass is 254 g/mol. The fraction of sp³-hybridized carbons (Fsp3) is 0.500. The lowest BCUT2D eigenvalue weighted by atomic mass is 10.1. The largest absolute Gasteiger partial charge is 0.478 e. The highest BCUT2D eigenvalue weighted by Crippen LogP contribution is 2.18. The highest BCUT2D eigenvalue weighted by molar-refractivity contribution is 5.94. The molecule has 0 spiro atoms. The number of aliphatic hydroxyl groups is 1. The molecule has 1 atom stereocenters. The number of anilines is 1. The number of carboxylic acid groups (broad SMARTS) is 1. The average Bonchev–Trinajstić information content (AvgIpc) is 2.29. The van der Waals surface area contributed by atoms with Crippen molar-refractivity contribution >= 4 is 11.8 Å². The summed E-state index contributed by atoms with van der Waals surface area (Å²) in [5.41, 5.74) is 0.789. The molecule has 0 saturated carbocycles. The third kappa shape index (κ3) is 3.68. The Morgan fingerprint density at radius 2 is 2.33 bits per heavy atom. The number of aromatic nitrogens is 1. The predicted octanol–water partition coefficient (Wildman–Crippen LogP) is 0.898. The van der Waals surface area contributed by atoms with Gasteiger partial charge in [-0.1, -0.05) is 0 Å². The Bertz CT molecular complexity index is 403. The second-order valence-electron chi connectivity index (χ2n) is 3.97. The van der Waals surface area contributed by atoms with Crippen LogP contribution in [0.3, 0.4) is 0 Å². The van der Waals surface area contributed by atoms with Crippen molar-refractivity contribution in [2.75, 3.05) is 25.6 Å². The lowest BCUT2D eigenvalue weighted by Gasteiger charge is -2.19. The van der Waals surface area contributed by atoms with Crippen molar-refractivity contribution in [3.63, 3.8) is 0 Å². The molecular formula is C12H18N2O4. The van der Waals surface area contributed by atoms with E-state index in [1.165, 1.54) is 0 Å². The van der Waals surface area contributed by atoms with E-state index in [1.54, 1.807) is 26.3 Å². The first-order valence-corrected chi connectivity index (χ1v) is 5.65. The Morgan fingerprint density at radius 3 is 2.89 bits per heavy atom. The summed E-state index contributed by atoms with van der Waals surface area (Å²) in [5.74, 6) is -0.721. The highest BCUT2D eigenvalue weighted by atomic mass is 16.5. The molecule has 0 aliphatic carbocycles. The SMILES string of the molecule is COCC(CCO)Nc1nccc(C)c1C(=O)O. The molecule has 1 rings (SSSR count). The normalized spacial score (nSPS) is 12.2. The van der Waals surface area contributed by atoms with E-state index in [0.717, 1.165) is 0 Å². The summed E-state index contributed by atoms with van der Waals surface area (Å²) >= 11 is 0. The van der Waals surface area contributed by atoms with Gasteiger partial charge in [-0.3, -0.25) is 0 Å². The fourth-order valence-corrected chi connectivity index (χ4v) is 1.69. The van der Waals surface area contributed by atoms with Crippen molar-refractivity contribution < 1.29 is 19.7 Å². The number of pyridine rings is 1. The number of aliphatic hydroxyl groups excluding tert-OH is 1. The van der Waals surface area contributed by atoms with Crippen LogP contribution in [0.2, 0.25) is 0 Å². The molecule has 0 radical (unpaired) electrons. The zero-order valence-electron chi connectivity index (χ0n) is 10.5. The number of methoxy groups -OCH3 is 1. The van der Waals surface area contributed by atoms with Crippen LogP contribution in [0, 0.1) is 6.92 Å². The van der Waals surface area contributed by atoms with E-state index < -0.39 is 5.97 Å². The molecule has 3 N–H and O–H groups in total. The van der Waals surface area contributed by atoms with Crippen LogP contribution in [0.1, 0.15) is 22.3 Å². The molecular weight excluding hydrogens is 236 g/mol. The zero-order chi connectivity index (χ0) is 13.5. The van der Waals surface area contributed by atoms with Gasteiger partial charge in [0.05, 0.1) is 12.6 Å². The maximum Gasteiger partial charge on any atom is 0.339 e. The number of carbonyl (C=O) groups is 1. The van der Waals surface area contributed by atoms with Crippen molar-refractivity contribution in [1.29, 1.82) is 0 Å². The van der Waals surface area contributed by atoms with Gasteiger partial charge in [-0.05, 0) is 25.0 Å². The van der Waals surface area contributed by atoms with Gasteiger partial charge in [-0.25, -0.2) is 9.78 Å². The number of aryl methyl sites for hydroxylation is 1. The minimum absolute atomic E-state index is 0.00472. The number of hydrogen-bond donors (Lipinski definition) is 3. The molecule has 6 nitrogen and oxygen atoms in total.